The number of halogens is 1. The number of carbonyl (C=O) groups excluding carboxylic acids is 1. The number of hydrogen-bond donors (Lipinski definition) is 3. The summed E-state index contributed by atoms with van der Waals surface area (Å²) in [7, 11) is 1.22. The molecular weight excluding hydrogens is 213 g/mol. The molecule has 1 atom stereocenters. The van der Waals surface area contributed by atoms with Crippen molar-refractivity contribution in [3.63, 3.8) is 0 Å². The van der Waals surface area contributed by atoms with Gasteiger partial charge in [0, 0.05) is 0 Å². The third kappa shape index (κ3) is 2.94. The van der Waals surface area contributed by atoms with Gasteiger partial charge in [-0.15, -0.1) is 0 Å². The van der Waals surface area contributed by atoms with Crippen LogP contribution in [0.1, 0.15) is 11.6 Å². The van der Waals surface area contributed by atoms with Crippen LogP contribution in [0.2, 0.25) is 0 Å². The van der Waals surface area contributed by atoms with E-state index in [9.17, 15) is 9.18 Å². The summed E-state index contributed by atoms with van der Waals surface area (Å²) in [6.07, 6.45) is 0. The highest BCUT2D eigenvalue weighted by atomic mass is 19.1. The maximum atomic E-state index is 12.7. The van der Waals surface area contributed by atoms with Gasteiger partial charge in [-0.25, -0.2) is 9.18 Å². The first-order valence-electron chi connectivity index (χ1n) is 4.48. The van der Waals surface area contributed by atoms with E-state index < -0.39 is 17.8 Å². The van der Waals surface area contributed by atoms with Crippen molar-refractivity contribution in [3.05, 3.63) is 35.6 Å². The first-order chi connectivity index (χ1) is 7.54. The Bertz CT molecular complexity index is 392. The number of guanidine groups is 1. The number of hydrogen-bond acceptors (Lipinski definition) is 3. The summed E-state index contributed by atoms with van der Waals surface area (Å²) in [5.74, 6) is -1.36. The van der Waals surface area contributed by atoms with Crippen LogP contribution in [0.25, 0.3) is 0 Å². The zero-order chi connectivity index (χ0) is 12.1. The fraction of sp³-hybridized carbons (Fsp3) is 0.200. The quantitative estimate of drug-likeness (QED) is 0.397. The predicted octanol–water partition coefficient (Wildman–Crippen LogP) is 0.523. The van der Waals surface area contributed by atoms with E-state index in [2.05, 4.69) is 10.1 Å². The van der Waals surface area contributed by atoms with Gasteiger partial charge in [0.2, 0.25) is 0 Å². The molecule has 0 spiro atoms. The Morgan fingerprint density at radius 1 is 1.50 bits per heavy atom. The van der Waals surface area contributed by atoms with Crippen molar-refractivity contribution in [2.24, 2.45) is 5.73 Å². The molecule has 5 nitrogen and oxygen atoms in total. The lowest BCUT2D eigenvalue weighted by molar-refractivity contribution is -0.142. The third-order valence-electron chi connectivity index (χ3n) is 1.94. The van der Waals surface area contributed by atoms with E-state index in [1.807, 2.05) is 0 Å². The lowest BCUT2D eigenvalue weighted by Gasteiger charge is -2.16. The molecule has 0 saturated carbocycles. The van der Waals surface area contributed by atoms with Gasteiger partial charge in [-0.3, -0.25) is 5.41 Å². The van der Waals surface area contributed by atoms with Crippen LogP contribution in [-0.2, 0) is 9.53 Å². The summed E-state index contributed by atoms with van der Waals surface area (Å²) in [5.41, 5.74) is 5.62. The number of nitrogens with two attached hydrogens (primary N) is 1. The minimum atomic E-state index is -0.900. The number of nitrogens with one attached hydrogen (secondary N) is 2. The van der Waals surface area contributed by atoms with Gasteiger partial charge < -0.3 is 15.8 Å². The average molecular weight is 225 g/mol. The minimum Gasteiger partial charge on any atom is -0.467 e. The maximum absolute atomic E-state index is 12.7. The molecule has 0 aliphatic carbocycles. The summed E-state index contributed by atoms with van der Waals surface area (Å²) in [6, 6.07) is 4.38. The molecule has 0 aliphatic heterocycles. The minimum absolute atomic E-state index is 0.361. The summed E-state index contributed by atoms with van der Waals surface area (Å²) >= 11 is 0. The summed E-state index contributed by atoms with van der Waals surface area (Å²) in [4.78, 5) is 11.4. The average Bonchev–Trinajstić information content (AvgIpc) is 2.26. The molecule has 86 valence electrons. The highest BCUT2D eigenvalue weighted by molar-refractivity contribution is 5.84. The Labute approximate surface area is 91.9 Å². The lowest BCUT2D eigenvalue weighted by Crippen LogP contribution is -2.38. The molecule has 0 heterocycles. The van der Waals surface area contributed by atoms with Crippen molar-refractivity contribution in [3.8, 4) is 0 Å². The van der Waals surface area contributed by atoms with Gasteiger partial charge >= 0.3 is 5.97 Å². The van der Waals surface area contributed by atoms with Crippen molar-refractivity contribution < 1.29 is 13.9 Å². The Kier molecular flexibility index (Phi) is 3.82. The van der Waals surface area contributed by atoms with E-state index in [4.69, 9.17) is 11.1 Å². The molecule has 4 N–H and O–H groups in total. The zero-order valence-corrected chi connectivity index (χ0v) is 8.66. The van der Waals surface area contributed by atoms with Crippen molar-refractivity contribution in [2.45, 2.75) is 6.04 Å². The van der Waals surface area contributed by atoms with Gasteiger partial charge in [0.15, 0.2) is 12.0 Å². The van der Waals surface area contributed by atoms with Crippen LogP contribution >= 0.6 is 0 Å². The Morgan fingerprint density at radius 2 is 2.06 bits per heavy atom. The van der Waals surface area contributed by atoms with Gasteiger partial charge in [-0.05, 0) is 17.7 Å². The standard InChI is InChI=1S/C10H12FN3O2/c1-16-9(15)8(14-10(12)13)6-2-4-7(11)5-3-6/h2-5,8H,1H3,(H4,12,13,14). The Morgan fingerprint density at radius 3 is 2.50 bits per heavy atom. The fourth-order valence-corrected chi connectivity index (χ4v) is 1.21. The van der Waals surface area contributed by atoms with Crippen LogP contribution in [0.15, 0.2) is 24.3 Å². The summed E-state index contributed by atoms with van der Waals surface area (Å²) in [6.45, 7) is 0. The predicted molar refractivity (Wildman–Crippen MR) is 56.2 cm³/mol. The molecule has 0 radical (unpaired) electrons. The number of esters is 1. The van der Waals surface area contributed by atoms with Crippen LogP contribution < -0.4 is 11.1 Å². The van der Waals surface area contributed by atoms with Gasteiger partial charge in [0.1, 0.15) is 5.82 Å². The van der Waals surface area contributed by atoms with Crippen molar-refractivity contribution in [2.75, 3.05) is 7.11 Å². The summed E-state index contributed by atoms with van der Waals surface area (Å²) in [5, 5.41) is 9.50. The van der Waals surface area contributed by atoms with Crippen molar-refractivity contribution in [1.82, 2.24) is 5.32 Å². The van der Waals surface area contributed by atoms with Crippen LogP contribution in [0.4, 0.5) is 4.39 Å². The monoisotopic (exact) mass is 225 g/mol. The Hall–Kier alpha value is -2.11. The molecule has 0 aliphatic rings. The molecule has 0 saturated heterocycles. The maximum Gasteiger partial charge on any atom is 0.333 e. The molecule has 0 bridgehead atoms. The van der Waals surface area contributed by atoms with Crippen molar-refractivity contribution >= 4 is 11.9 Å². The van der Waals surface area contributed by atoms with Crippen LogP contribution in [0.5, 0.6) is 0 Å². The first-order valence-corrected chi connectivity index (χ1v) is 4.48. The van der Waals surface area contributed by atoms with Gasteiger partial charge in [0.05, 0.1) is 7.11 Å². The van der Waals surface area contributed by atoms with E-state index in [1.165, 1.54) is 31.4 Å². The molecular formula is C10H12FN3O2. The molecule has 1 unspecified atom stereocenters. The SMILES string of the molecule is COC(=O)C(NC(=N)N)c1ccc(F)cc1. The second kappa shape index (κ2) is 5.11. The van der Waals surface area contributed by atoms with E-state index in [0.717, 1.165) is 0 Å². The van der Waals surface area contributed by atoms with E-state index in [1.54, 1.807) is 0 Å². The van der Waals surface area contributed by atoms with Crippen LogP contribution in [0, 0.1) is 11.2 Å². The topological polar surface area (TPSA) is 88.2 Å². The normalized spacial score (nSPS) is 11.6. The summed E-state index contributed by atoms with van der Waals surface area (Å²) < 4.78 is 17.2. The second-order valence-electron chi connectivity index (χ2n) is 3.07. The fourth-order valence-electron chi connectivity index (χ4n) is 1.21. The molecule has 6 heteroatoms. The second-order valence-corrected chi connectivity index (χ2v) is 3.07. The smallest absolute Gasteiger partial charge is 0.333 e. The highest BCUT2D eigenvalue weighted by Crippen LogP contribution is 2.14. The number of ether oxygens (including phenoxy) is 1. The number of rotatable bonds is 3. The van der Waals surface area contributed by atoms with Gasteiger partial charge in [-0.1, -0.05) is 12.1 Å². The lowest BCUT2D eigenvalue weighted by atomic mass is 10.1. The molecule has 0 amide bonds. The van der Waals surface area contributed by atoms with Gasteiger partial charge in [0.25, 0.3) is 0 Å². The molecule has 1 aromatic carbocycles. The first kappa shape index (κ1) is 12.0. The number of methoxy groups -OCH3 is 1. The van der Waals surface area contributed by atoms with Crippen LogP contribution in [0.3, 0.4) is 0 Å². The van der Waals surface area contributed by atoms with Crippen molar-refractivity contribution in [1.29, 1.82) is 5.41 Å². The molecule has 1 aromatic rings. The van der Waals surface area contributed by atoms with E-state index in [-0.39, 0.29) is 5.96 Å². The van der Waals surface area contributed by atoms with E-state index >= 15 is 0 Å². The molecule has 0 aromatic heterocycles. The zero-order valence-electron chi connectivity index (χ0n) is 8.66. The Balaban J connectivity index is 2.96. The van der Waals surface area contributed by atoms with E-state index in [0.29, 0.717) is 5.56 Å². The number of carbonyl (C=O) groups is 1. The largest absolute Gasteiger partial charge is 0.467 e. The van der Waals surface area contributed by atoms with Crippen LogP contribution in [-0.4, -0.2) is 19.0 Å². The number of benzene rings is 1. The molecule has 1 rings (SSSR count). The molecule has 16 heavy (non-hydrogen) atoms. The third-order valence-corrected chi connectivity index (χ3v) is 1.94. The highest BCUT2D eigenvalue weighted by Gasteiger charge is 2.21. The van der Waals surface area contributed by atoms with Gasteiger partial charge in [-0.2, -0.15) is 0 Å². The molecule has 0 fully saturated rings.